The van der Waals surface area contributed by atoms with Crippen molar-refractivity contribution in [3.63, 3.8) is 0 Å². The van der Waals surface area contributed by atoms with Crippen molar-refractivity contribution in [1.29, 1.82) is 0 Å². The first-order chi connectivity index (χ1) is 14.4. The van der Waals surface area contributed by atoms with Crippen LogP contribution in [0, 0.1) is 0 Å². The lowest BCUT2D eigenvalue weighted by Gasteiger charge is -1.99. The lowest BCUT2D eigenvalue weighted by atomic mass is 10.1. The number of ketones is 1. The molecule has 0 aliphatic heterocycles. The quantitative estimate of drug-likeness (QED) is 0.279. The van der Waals surface area contributed by atoms with Crippen molar-refractivity contribution in [3.8, 4) is 0 Å². The van der Waals surface area contributed by atoms with Crippen LogP contribution in [0.25, 0.3) is 11.0 Å². The fourth-order valence-corrected chi connectivity index (χ4v) is 2.12. The first-order valence-electron chi connectivity index (χ1n) is 10.3. The minimum Gasteiger partial charge on any atom is -0.453 e. The molecule has 0 aliphatic carbocycles. The minimum absolute atomic E-state index is 0.0637. The third-order valence-corrected chi connectivity index (χ3v) is 3.96. The van der Waals surface area contributed by atoms with Gasteiger partial charge >= 0.3 is 0 Å². The second kappa shape index (κ2) is 17.2. The summed E-state index contributed by atoms with van der Waals surface area (Å²) >= 11 is 4.05. The van der Waals surface area contributed by atoms with E-state index < -0.39 is 0 Å². The van der Waals surface area contributed by atoms with Gasteiger partial charge in [0.25, 0.3) is 0 Å². The molecule has 1 aromatic carbocycles. The highest BCUT2D eigenvalue weighted by molar-refractivity contribution is 7.78. The van der Waals surface area contributed by atoms with E-state index in [-0.39, 0.29) is 5.78 Å². The van der Waals surface area contributed by atoms with Crippen LogP contribution in [0.1, 0.15) is 69.5 Å². The number of Topliss-reactive ketones (excluding diaryl/α,β-unsaturated/α-hetero) is 1. The summed E-state index contributed by atoms with van der Waals surface area (Å²) < 4.78 is 5.24. The zero-order chi connectivity index (χ0) is 22.8. The summed E-state index contributed by atoms with van der Waals surface area (Å²) in [5, 5.41) is 0.864. The number of carbonyl (C=O) groups is 1. The van der Waals surface area contributed by atoms with Gasteiger partial charge in [-0.2, -0.15) is 0 Å². The summed E-state index contributed by atoms with van der Waals surface area (Å²) in [5.74, 6) is 0.323. The van der Waals surface area contributed by atoms with Gasteiger partial charge in [-0.25, -0.2) is 0 Å². The van der Waals surface area contributed by atoms with Crippen LogP contribution in [0.4, 0.5) is 5.69 Å². The number of nitrogens with two attached hydrogens (primary N) is 2. The van der Waals surface area contributed by atoms with Crippen LogP contribution in [0.15, 0.2) is 53.2 Å². The van der Waals surface area contributed by atoms with Crippen molar-refractivity contribution in [2.24, 2.45) is 5.73 Å². The van der Waals surface area contributed by atoms with E-state index in [0.717, 1.165) is 16.6 Å². The Morgan fingerprint density at radius 1 is 1.10 bits per heavy atom. The van der Waals surface area contributed by atoms with Crippen LogP contribution in [0.2, 0.25) is 0 Å². The summed E-state index contributed by atoms with van der Waals surface area (Å²) in [6.45, 7) is 8.04. The molecule has 0 aliphatic rings. The highest BCUT2D eigenvalue weighted by Gasteiger charge is 2.06. The molecule has 164 valence electrons. The molecule has 0 amide bonds. The lowest BCUT2D eigenvalue weighted by Crippen LogP contribution is -1.87. The molecule has 3 rings (SSSR count). The molecular formula is C24H35N3O2S. The molecule has 6 heteroatoms. The summed E-state index contributed by atoms with van der Waals surface area (Å²) in [7, 11) is 0. The third-order valence-electron chi connectivity index (χ3n) is 3.96. The van der Waals surface area contributed by atoms with E-state index in [4.69, 9.17) is 10.2 Å². The normalized spacial score (nSPS) is 9.20. The predicted octanol–water partition coefficient (Wildman–Crippen LogP) is 6.35. The molecular weight excluding hydrogens is 394 g/mol. The van der Waals surface area contributed by atoms with E-state index in [1.165, 1.54) is 44.6 Å². The van der Waals surface area contributed by atoms with Crippen molar-refractivity contribution in [3.05, 3.63) is 60.1 Å². The number of nitrogens with zero attached hydrogens (tertiary/aromatic N) is 1. The molecule has 2 heterocycles. The highest BCUT2D eigenvalue weighted by atomic mass is 32.1. The standard InChI is InChI=1S/C10H15N.C9H7NO2.C4H10.CH3NS/c1-2-3-4-9-5-7-10(11)8-6-9;1-6(11)9-4-7-5-10-3-2-8(7)12-9;1-3-4-2;2-1-3/h5-8H,2-4,11H2,1H3;2-5H,1H3;3-4H2,1-2H3;1H,(H2,2,3). The van der Waals surface area contributed by atoms with Gasteiger partial charge in [-0.15, -0.1) is 0 Å². The van der Waals surface area contributed by atoms with Crippen LogP contribution in [0.3, 0.4) is 0 Å². The average Bonchev–Trinajstić information content (AvgIpc) is 3.19. The van der Waals surface area contributed by atoms with Crippen molar-refractivity contribution in [2.75, 3.05) is 5.73 Å². The van der Waals surface area contributed by atoms with Gasteiger partial charge in [0.2, 0.25) is 0 Å². The Balaban J connectivity index is 0.000000432. The number of fused-ring (bicyclic) bond motifs is 1. The van der Waals surface area contributed by atoms with E-state index in [9.17, 15) is 4.79 Å². The number of hydrogen-bond donors (Lipinski definition) is 2. The van der Waals surface area contributed by atoms with Gasteiger partial charge in [0.15, 0.2) is 11.5 Å². The van der Waals surface area contributed by atoms with E-state index in [1.807, 2.05) is 12.1 Å². The van der Waals surface area contributed by atoms with Gasteiger partial charge < -0.3 is 15.9 Å². The number of thiocarbonyl (C=S) groups is 1. The molecule has 0 bridgehead atoms. The Bertz CT molecular complexity index is 810. The van der Waals surface area contributed by atoms with Crippen LogP contribution in [-0.2, 0) is 6.42 Å². The van der Waals surface area contributed by atoms with Crippen LogP contribution in [-0.4, -0.2) is 16.3 Å². The van der Waals surface area contributed by atoms with Gasteiger partial charge in [0, 0.05) is 30.4 Å². The van der Waals surface area contributed by atoms with Gasteiger partial charge in [0.1, 0.15) is 5.58 Å². The number of aryl methyl sites for hydroxylation is 1. The molecule has 4 N–H and O–H groups in total. The third kappa shape index (κ3) is 12.0. The van der Waals surface area contributed by atoms with Crippen molar-refractivity contribution in [1.82, 2.24) is 4.98 Å². The summed E-state index contributed by atoms with van der Waals surface area (Å²) in [4.78, 5) is 14.8. The number of carbonyl (C=O) groups excluding carboxylic acids is 1. The van der Waals surface area contributed by atoms with Crippen molar-refractivity contribution >= 4 is 40.1 Å². The largest absolute Gasteiger partial charge is 0.453 e. The Morgan fingerprint density at radius 3 is 2.17 bits per heavy atom. The van der Waals surface area contributed by atoms with E-state index in [0.29, 0.717) is 11.3 Å². The minimum atomic E-state index is -0.0637. The number of rotatable bonds is 5. The molecule has 5 nitrogen and oxygen atoms in total. The second-order valence-corrected chi connectivity index (χ2v) is 6.83. The maximum Gasteiger partial charge on any atom is 0.194 e. The van der Waals surface area contributed by atoms with E-state index >= 15 is 0 Å². The van der Waals surface area contributed by atoms with Crippen LogP contribution in [0.5, 0.6) is 0 Å². The first kappa shape index (κ1) is 27.3. The molecule has 0 radical (unpaired) electrons. The summed E-state index contributed by atoms with van der Waals surface area (Å²) in [5.41, 5.74) is 14.1. The summed E-state index contributed by atoms with van der Waals surface area (Å²) in [6.07, 6.45) is 9.64. The van der Waals surface area contributed by atoms with E-state index in [1.54, 1.807) is 24.5 Å². The number of anilines is 1. The molecule has 0 saturated heterocycles. The summed E-state index contributed by atoms with van der Waals surface area (Å²) in [6, 6.07) is 11.6. The number of pyridine rings is 1. The number of hydrogen-bond acceptors (Lipinski definition) is 5. The lowest BCUT2D eigenvalue weighted by molar-refractivity contribution is 0.0989. The second-order valence-electron chi connectivity index (χ2n) is 6.56. The molecule has 2 aromatic heterocycles. The average molecular weight is 430 g/mol. The number of furan rings is 1. The fraction of sp³-hybridized carbons (Fsp3) is 0.375. The zero-order valence-corrected chi connectivity index (χ0v) is 19.4. The van der Waals surface area contributed by atoms with Gasteiger partial charge in [-0.05, 0) is 42.7 Å². The monoisotopic (exact) mass is 429 g/mol. The van der Waals surface area contributed by atoms with Crippen molar-refractivity contribution < 1.29 is 9.21 Å². The van der Waals surface area contributed by atoms with Gasteiger partial charge in [0.05, 0.1) is 5.49 Å². The Kier molecular flexibility index (Phi) is 15.6. The first-order valence-corrected chi connectivity index (χ1v) is 10.7. The number of benzene rings is 1. The van der Waals surface area contributed by atoms with E-state index in [2.05, 4.69) is 55.8 Å². The van der Waals surface area contributed by atoms with Gasteiger partial charge in [-0.1, -0.05) is 64.4 Å². The SMILES string of the molecule is CC(=O)c1cc2cnccc2o1.CCCC.CCCCc1ccc(N)cc1.NC=S. The van der Waals surface area contributed by atoms with Crippen molar-refractivity contribution in [2.45, 2.75) is 59.8 Å². The number of aromatic nitrogens is 1. The molecule has 0 spiro atoms. The molecule has 3 aromatic rings. The Hall–Kier alpha value is -2.73. The smallest absolute Gasteiger partial charge is 0.194 e. The fourth-order valence-electron chi connectivity index (χ4n) is 2.12. The van der Waals surface area contributed by atoms with Crippen LogP contribution < -0.4 is 11.5 Å². The topological polar surface area (TPSA) is 95.1 Å². The zero-order valence-electron chi connectivity index (χ0n) is 18.6. The Labute approximate surface area is 185 Å². The predicted molar refractivity (Wildman–Crippen MR) is 132 cm³/mol. The molecule has 30 heavy (non-hydrogen) atoms. The molecule has 0 atom stereocenters. The maximum atomic E-state index is 10.9. The Morgan fingerprint density at radius 2 is 1.70 bits per heavy atom. The maximum absolute atomic E-state index is 10.9. The number of nitrogen functional groups attached to an aromatic ring is 1. The molecule has 0 saturated carbocycles. The van der Waals surface area contributed by atoms with Crippen LogP contribution >= 0.6 is 12.2 Å². The highest BCUT2D eigenvalue weighted by Crippen LogP contribution is 2.17. The van der Waals surface area contributed by atoms with Gasteiger partial charge in [-0.3, -0.25) is 9.78 Å². The molecule has 0 unspecified atom stereocenters. The number of unbranched alkanes of at least 4 members (excludes halogenated alkanes) is 2. The molecule has 0 fully saturated rings.